The first-order chi connectivity index (χ1) is 8.57. The van der Waals surface area contributed by atoms with Gasteiger partial charge in [-0.05, 0) is 30.0 Å². The standard InChI is InChI=1S/C14H25NOSSi/c1-18(2,3)14(13-5-4-12-17-13)6-7-15-8-10-16-11-9-15/h4-5,12,14H,6-11H2,1-3H3. The second-order valence-corrected chi connectivity index (χ2v) is 12.6. The minimum Gasteiger partial charge on any atom is -0.379 e. The molecule has 0 aromatic carbocycles. The van der Waals surface area contributed by atoms with Crippen LogP contribution in [0.4, 0.5) is 0 Å². The monoisotopic (exact) mass is 283 g/mol. The predicted octanol–water partition coefficient (Wildman–Crippen LogP) is 3.43. The number of hydrogen-bond acceptors (Lipinski definition) is 3. The Hall–Kier alpha value is -0.163. The molecule has 2 nitrogen and oxygen atoms in total. The summed E-state index contributed by atoms with van der Waals surface area (Å²) in [5.74, 6) is 0. The fourth-order valence-corrected chi connectivity index (χ4v) is 6.59. The zero-order chi connectivity index (χ0) is 13.0. The van der Waals surface area contributed by atoms with Gasteiger partial charge in [-0.1, -0.05) is 25.7 Å². The van der Waals surface area contributed by atoms with Crippen LogP contribution in [0.2, 0.25) is 19.6 Å². The van der Waals surface area contributed by atoms with Crippen molar-refractivity contribution >= 4 is 19.4 Å². The molecule has 1 unspecified atom stereocenters. The molecule has 2 heterocycles. The molecule has 18 heavy (non-hydrogen) atoms. The molecule has 1 atom stereocenters. The topological polar surface area (TPSA) is 12.5 Å². The number of rotatable bonds is 5. The average molecular weight is 284 g/mol. The Morgan fingerprint density at radius 1 is 1.33 bits per heavy atom. The van der Waals surface area contributed by atoms with E-state index in [1.165, 1.54) is 13.0 Å². The fourth-order valence-electron chi connectivity index (χ4n) is 2.63. The fraction of sp³-hybridized carbons (Fsp3) is 0.714. The van der Waals surface area contributed by atoms with E-state index >= 15 is 0 Å². The van der Waals surface area contributed by atoms with Crippen LogP contribution in [-0.4, -0.2) is 45.8 Å². The van der Waals surface area contributed by atoms with E-state index < -0.39 is 8.07 Å². The van der Waals surface area contributed by atoms with Crippen LogP contribution in [0, 0.1) is 0 Å². The molecule has 4 heteroatoms. The lowest BCUT2D eigenvalue weighted by Crippen LogP contribution is -2.39. The third kappa shape index (κ3) is 3.92. The van der Waals surface area contributed by atoms with Crippen molar-refractivity contribution in [3.8, 4) is 0 Å². The lowest BCUT2D eigenvalue weighted by molar-refractivity contribution is 0.0372. The molecule has 1 aromatic heterocycles. The normalized spacial score (nSPS) is 19.9. The van der Waals surface area contributed by atoms with Crippen molar-refractivity contribution in [3.05, 3.63) is 22.4 Å². The van der Waals surface area contributed by atoms with Gasteiger partial charge in [0.2, 0.25) is 0 Å². The van der Waals surface area contributed by atoms with Crippen LogP contribution in [0.25, 0.3) is 0 Å². The Morgan fingerprint density at radius 3 is 2.61 bits per heavy atom. The first kappa shape index (κ1) is 14.3. The molecule has 0 saturated carbocycles. The van der Waals surface area contributed by atoms with Crippen LogP contribution in [0.15, 0.2) is 17.5 Å². The van der Waals surface area contributed by atoms with Crippen molar-refractivity contribution in [3.63, 3.8) is 0 Å². The molecule has 1 fully saturated rings. The molecule has 2 rings (SSSR count). The quantitative estimate of drug-likeness (QED) is 0.768. The number of thiophene rings is 1. The molecule has 102 valence electrons. The molecular formula is C14H25NOSSi. The highest BCUT2D eigenvalue weighted by Crippen LogP contribution is 2.33. The Labute approximate surface area is 116 Å². The van der Waals surface area contributed by atoms with Gasteiger partial charge >= 0.3 is 0 Å². The van der Waals surface area contributed by atoms with Crippen LogP contribution in [0.5, 0.6) is 0 Å². The highest BCUT2D eigenvalue weighted by Gasteiger charge is 2.29. The predicted molar refractivity (Wildman–Crippen MR) is 82.3 cm³/mol. The van der Waals surface area contributed by atoms with Crippen LogP contribution >= 0.6 is 11.3 Å². The third-order valence-electron chi connectivity index (χ3n) is 3.77. The Morgan fingerprint density at radius 2 is 2.06 bits per heavy atom. The molecule has 0 spiro atoms. The molecule has 0 bridgehead atoms. The summed E-state index contributed by atoms with van der Waals surface area (Å²) < 4.78 is 5.42. The van der Waals surface area contributed by atoms with Crippen molar-refractivity contribution in [2.45, 2.75) is 31.6 Å². The van der Waals surface area contributed by atoms with E-state index in [-0.39, 0.29) is 0 Å². The van der Waals surface area contributed by atoms with Gasteiger partial charge in [0, 0.05) is 18.0 Å². The first-order valence-electron chi connectivity index (χ1n) is 6.91. The van der Waals surface area contributed by atoms with Crippen molar-refractivity contribution in [2.24, 2.45) is 0 Å². The molecule has 0 amide bonds. The van der Waals surface area contributed by atoms with Crippen LogP contribution in [0.1, 0.15) is 16.8 Å². The van der Waals surface area contributed by atoms with E-state index in [4.69, 9.17) is 4.74 Å². The van der Waals surface area contributed by atoms with E-state index in [1.807, 2.05) is 11.3 Å². The smallest absolute Gasteiger partial charge is 0.0594 e. The van der Waals surface area contributed by atoms with Crippen molar-refractivity contribution in [1.82, 2.24) is 4.90 Å². The maximum atomic E-state index is 5.42. The van der Waals surface area contributed by atoms with E-state index in [0.717, 1.165) is 31.8 Å². The van der Waals surface area contributed by atoms with Gasteiger partial charge in [-0.2, -0.15) is 0 Å². The van der Waals surface area contributed by atoms with Gasteiger partial charge in [-0.3, -0.25) is 4.90 Å². The summed E-state index contributed by atoms with van der Waals surface area (Å²) in [6, 6.07) is 4.52. The highest BCUT2D eigenvalue weighted by molar-refractivity contribution is 7.10. The van der Waals surface area contributed by atoms with Crippen molar-refractivity contribution in [1.29, 1.82) is 0 Å². The van der Waals surface area contributed by atoms with Gasteiger partial charge in [-0.25, -0.2) is 0 Å². The average Bonchev–Trinajstić information content (AvgIpc) is 2.82. The first-order valence-corrected chi connectivity index (χ1v) is 11.4. The van der Waals surface area contributed by atoms with E-state index in [1.54, 1.807) is 4.88 Å². The summed E-state index contributed by atoms with van der Waals surface area (Å²) in [5, 5.41) is 2.22. The second kappa shape index (κ2) is 6.33. The summed E-state index contributed by atoms with van der Waals surface area (Å²) in [6.07, 6.45) is 1.32. The largest absolute Gasteiger partial charge is 0.379 e. The van der Waals surface area contributed by atoms with E-state index in [9.17, 15) is 0 Å². The molecule has 1 aliphatic heterocycles. The SMILES string of the molecule is C[Si](C)(C)C(CCN1CCOCC1)c1cccs1. The Bertz CT molecular complexity index is 341. The molecule has 1 aliphatic rings. The van der Waals surface area contributed by atoms with Crippen LogP contribution in [0.3, 0.4) is 0 Å². The number of hydrogen-bond donors (Lipinski definition) is 0. The van der Waals surface area contributed by atoms with Gasteiger partial charge in [-0.15, -0.1) is 11.3 Å². The highest BCUT2D eigenvalue weighted by atomic mass is 32.1. The van der Waals surface area contributed by atoms with E-state index in [2.05, 4.69) is 42.1 Å². The summed E-state index contributed by atoms with van der Waals surface area (Å²) in [7, 11) is -1.12. The Balaban J connectivity index is 1.93. The summed E-state index contributed by atoms with van der Waals surface area (Å²) >= 11 is 1.94. The maximum absolute atomic E-state index is 5.42. The van der Waals surface area contributed by atoms with Gasteiger partial charge in [0.05, 0.1) is 21.3 Å². The van der Waals surface area contributed by atoms with Crippen LogP contribution < -0.4 is 0 Å². The number of ether oxygens (including phenoxy) is 1. The molecule has 0 radical (unpaired) electrons. The molecule has 1 aromatic rings. The number of nitrogens with zero attached hydrogens (tertiary/aromatic N) is 1. The maximum Gasteiger partial charge on any atom is 0.0594 e. The minimum absolute atomic E-state index is 0.806. The van der Waals surface area contributed by atoms with E-state index in [0.29, 0.717) is 0 Å². The minimum atomic E-state index is -1.12. The second-order valence-electron chi connectivity index (χ2n) is 6.18. The lowest BCUT2D eigenvalue weighted by Gasteiger charge is -2.32. The van der Waals surface area contributed by atoms with Crippen molar-refractivity contribution < 1.29 is 4.74 Å². The lowest BCUT2D eigenvalue weighted by atomic mass is 10.2. The van der Waals surface area contributed by atoms with Crippen molar-refractivity contribution in [2.75, 3.05) is 32.8 Å². The molecule has 0 aliphatic carbocycles. The summed E-state index contributed by atoms with van der Waals surface area (Å²) in [5.41, 5.74) is 0.806. The summed E-state index contributed by atoms with van der Waals surface area (Å²) in [6.45, 7) is 12.8. The molecule has 0 N–H and O–H groups in total. The van der Waals surface area contributed by atoms with Gasteiger partial charge in [0.15, 0.2) is 0 Å². The molecular weight excluding hydrogens is 258 g/mol. The Kier molecular flexibility index (Phi) is 5.01. The van der Waals surface area contributed by atoms with Gasteiger partial charge in [0.25, 0.3) is 0 Å². The van der Waals surface area contributed by atoms with Gasteiger partial charge in [0.1, 0.15) is 0 Å². The van der Waals surface area contributed by atoms with Gasteiger partial charge < -0.3 is 4.74 Å². The zero-order valence-corrected chi connectivity index (χ0v) is 13.6. The number of morpholine rings is 1. The zero-order valence-electron chi connectivity index (χ0n) is 11.8. The van der Waals surface area contributed by atoms with Crippen LogP contribution in [-0.2, 0) is 4.74 Å². The molecule has 1 saturated heterocycles. The summed E-state index contributed by atoms with van der Waals surface area (Å²) in [4.78, 5) is 4.16. The third-order valence-corrected chi connectivity index (χ3v) is 7.66.